The fraction of sp³-hybridized carbons (Fsp3) is 0.308. The van der Waals surface area contributed by atoms with Gasteiger partial charge in [0.1, 0.15) is 11.6 Å². The van der Waals surface area contributed by atoms with Crippen LogP contribution in [0.4, 0.5) is 4.39 Å². The molecule has 5 heteroatoms. The molecule has 1 N–H and O–H groups in total. The monoisotopic (exact) mass is 268 g/mol. The van der Waals surface area contributed by atoms with Crippen LogP contribution < -0.4 is 5.32 Å². The standard InChI is InChI=1S/C13H14ClFN2O/c1-8-9(2)18-12(17-8)7-16-6-10-4-3-5-11(14)13(10)15/h3-5,16H,6-7H2,1-2H3. The van der Waals surface area contributed by atoms with Crippen molar-refractivity contribution >= 4 is 11.6 Å². The molecule has 96 valence electrons. The molecule has 0 aliphatic rings. The highest BCUT2D eigenvalue weighted by Crippen LogP contribution is 2.17. The second-order valence-electron chi connectivity index (χ2n) is 4.07. The first-order valence-corrected chi connectivity index (χ1v) is 6.02. The smallest absolute Gasteiger partial charge is 0.208 e. The summed E-state index contributed by atoms with van der Waals surface area (Å²) in [4.78, 5) is 4.23. The van der Waals surface area contributed by atoms with E-state index in [0.717, 1.165) is 11.5 Å². The lowest BCUT2D eigenvalue weighted by molar-refractivity contribution is 0.446. The van der Waals surface area contributed by atoms with Gasteiger partial charge in [0.2, 0.25) is 5.89 Å². The Labute approximate surface area is 110 Å². The molecule has 2 aromatic rings. The lowest BCUT2D eigenvalue weighted by atomic mass is 10.2. The van der Waals surface area contributed by atoms with Gasteiger partial charge in [-0.2, -0.15) is 0 Å². The maximum Gasteiger partial charge on any atom is 0.208 e. The number of hydrogen-bond acceptors (Lipinski definition) is 3. The molecule has 3 nitrogen and oxygen atoms in total. The molecule has 0 aliphatic heterocycles. The van der Waals surface area contributed by atoms with Gasteiger partial charge in [-0.3, -0.25) is 0 Å². The first-order valence-electron chi connectivity index (χ1n) is 5.64. The zero-order chi connectivity index (χ0) is 13.1. The zero-order valence-corrected chi connectivity index (χ0v) is 11.0. The van der Waals surface area contributed by atoms with Crippen LogP contribution in [0.15, 0.2) is 22.6 Å². The third-order valence-electron chi connectivity index (χ3n) is 2.70. The maximum atomic E-state index is 13.6. The lowest BCUT2D eigenvalue weighted by Gasteiger charge is -2.05. The summed E-state index contributed by atoms with van der Waals surface area (Å²) in [5.74, 6) is 1.03. The van der Waals surface area contributed by atoms with Crippen LogP contribution in [-0.2, 0) is 13.1 Å². The van der Waals surface area contributed by atoms with Gasteiger partial charge in [0, 0.05) is 12.1 Å². The second-order valence-corrected chi connectivity index (χ2v) is 4.47. The van der Waals surface area contributed by atoms with E-state index in [2.05, 4.69) is 10.3 Å². The van der Waals surface area contributed by atoms with Gasteiger partial charge in [0.05, 0.1) is 17.3 Å². The number of oxazole rings is 1. The maximum absolute atomic E-state index is 13.6. The average molecular weight is 269 g/mol. The Hall–Kier alpha value is -1.39. The summed E-state index contributed by atoms with van der Waals surface area (Å²) in [6.07, 6.45) is 0. The molecule has 0 aliphatic carbocycles. The van der Waals surface area contributed by atoms with Crippen molar-refractivity contribution in [2.75, 3.05) is 0 Å². The highest BCUT2D eigenvalue weighted by molar-refractivity contribution is 6.30. The van der Waals surface area contributed by atoms with E-state index in [1.54, 1.807) is 12.1 Å². The molecule has 0 bridgehead atoms. The summed E-state index contributed by atoms with van der Waals surface area (Å²) in [5.41, 5.74) is 1.41. The third kappa shape index (κ3) is 2.89. The molecule has 1 heterocycles. The van der Waals surface area contributed by atoms with Gasteiger partial charge in [-0.1, -0.05) is 23.7 Å². The van der Waals surface area contributed by atoms with Crippen LogP contribution in [0.5, 0.6) is 0 Å². The van der Waals surface area contributed by atoms with E-state index in [-0.39, 0.29) is 10.8 Å². The lowest BCUT2D eigenvalue weighted by Crippen LogP contribution is -2.14. The Bertz CT molecular complexity index is 534. The van der Waals surface area contributed by atoms with E-state index >= 15 is 0 Å². The molecule has 18 heavy (non-hydrogen) atoms. The first kappa shape index (κ1) is 13.1. The average Bonchev–Trinajstić information content (AvgIpc) is 2.64. The normalized spacial score (nSPS) is 10.9. The summed E-state index contributed by atoms with van der Waals surface area (Å²) in [6.45, 7) is 4.59. The predicted molar refractivity (Wildman–Crippen MR) is 67.9 cm³/mol. The number of aryl methyl sites for hydroxylation is 2. The van der Waals surface area contributed by atoms with Crippen LogP contribution in [0.3, 0.4) is 0 Å². The Morgan fingerprint density at radius 1 is 1.33 bits per heavy atom. The largest absolute Gasteiger partial charge is 0.444 e. The van der Waals surface area contributed by atoms with Crippen LogP contribution in [0, 0.1) is 19.7 Å². The number of nitrogens with one attached hydrogen (secondary N) is 1. The highest BCUT2D eigenvalue weighted by Gasteiger charge is 2.07. The Balaban J connectivity index is 1.94. The number of halogens is 2. The molecule has 1 aromatic heterocycles. The number of rotatable bonds is 4. The van der Waals surface area contributed by atoms with Crippen LogP contribution in [0.1, 0.15) is 22.9 Å². The van der Waals surface area contributed by atoms with Crippen LogP contribution >= 0.6 is 11.6 Å². The number of nitrogens with zero attached hydrogens (tertiary/aromatic N) is 1. The molecule has 2 rings (SSSR count). The SMILES string of the molecule is Cc1nc(CNCc2cccc(Cl)c2F)oc1C. The second kappa shape index (κ2) is 5.50. The number of aromatic nitrogens is 1. The van der Waals surface area contributed by atoms with Gasteiger partial charge >= 0.3 is 0 Å². The van der Waals surface area contributed by atoms with Crippen LogP contribution in [-0.4, -0.2) is 4.98 Å². The molecule has 0 spiro atoms. The molecule has 0 saturated heterocycles. The van der Waals surface area contributed by atoms with Crippen molar-refractivity contribution in [1.29, 1.82) is 0 Å². The van der Waals surface area contributed by atoms with Crippen molar-refractivity contribution < 1.29 is 8.81 Å². The Morgan fingerprint density at radius 3 is 2.78 bits per heavy atom. The summed E-state index contributed by atoms with van der Waals surface area (Å²) < 4.78 is 19.0. The van der Waals surface area contributed by atoms with E-state index in [0.29, 0.717) is 24.5 Å². The van der Waals surface area contributed by atoms with Crippen molar-refractivity contribution in [3.63, 3.8) is 0 Å². The van der Waals surface area contributed by atoms with Crippen molar-refractivity contribution in [1.82, 2.24) is 10.3 Å². The highest BCUT2D eigenvalue weighted by atomic mass is 35.5. The van der Waals surface area contributed by atoms with Crippen molar-refractivity contribution in [3.8, 4) is 0 Å². The molecular formula is C13H14ClFN2O. The molecule has 0 amide bonds. The van der Waals surface area contributed by atoms with Gasteiger partial charge in [-0.25, -0.2) is 9.37 Å². The molecule has 1 aromatic carbocycles. The van der Waals surface area contributed by atoms with Crippen molar-refractivity contribution in [3.05, 3.63) is 51.9 Å². The van der Waals surface area contributed by atoms with Crippen LogP contribution in [0.25, 0.3) is 0 Å². The van der Waals surface area contributed by atoms with E-state index < -0.39 is 0 Å². The number of hydrogen-bond donors (Lipinski definition) is 1. The van der Waals surface area contributed by atoms with E-state index in [1.165, 1.54) is 6.07 Å². The quantitative estimate of drug-likeness (QED) is 0.924. The minimum absolute atomic E-state index is 0.136. The van der Waals surface area contributed by atoms with Gasteiger partial charge in [-0.15, -0.1) is 0 Å². The van der Waals surface area contributed by atoms with Gasteiger partial charge in [-0.05, 0) is 19.9 Å². The van der Waals surface area contributed by atoms with E-state index in [9.17, 15) is 4.39 Å². The van der Waals surface area contributed by atoms with Crippen molar-refractivity contribution in [2.24, 2.45) is 0 Å². The topological polar surface area (TPSA) is 38.1 Å². The number of benzene rings is 1. The summed E-state index contributed by atoms with van der Waals surface area (Å²) in [6, 6.07) is 4.95. The minimum Gasteiger partial charge on any atom is -0.444 e. The Kier molecular flexibility index (Phi) is 3.99. The molecule has 0 atom stereocenters. The molecule has 0 fully saturated rings. The molecule has 0 unspecified atom stereocenters. The fourth-order valence-electron chi connectivity index (χ4n) is 1.60. The summed E-state index contributed by atoms with van der Waals surface area (Å²) in [5, 5.41) is 3.21. The predicted octanol–water partition coefficient (Wildman–Crippen LogP) is 3.37. The van der Waals surface area contributed by atoms with Gasteiger partial charge in [0.15, 0.2) is 0 Å². The summed E-state index contributed by atoms with van der Waals surface area (Å²) >= 11 is 5.70. The molecule has 0 radical (unpaired) electrons. The molecular weight excluding hydrogens is 255 g/mol. The fourth-order valence-corrected chi connectivity index (χ4v) is 1.80. The minimum atomic E-state index is -0.383. The van der Waals surface area contributed by atoms with Gasteiger partial charge < -0.3 is 9.73 Å². The third-order valence-corrected chi connectivity index (χ3v) is 2.99. The van der Waals surface area contributed by atoms with Crippen LogP contribution in [0.2, 0.25) is 5.02 Å². The zero-order valence-electron chi connectivity index (χ0n) is 10.3. The first-order chi connectivity index (χ1) is 8.58. The Morgan fingerprint density at radius 2 is 2.11 bits per heavy atom. The van der Waals surface area contributed by atoms with E-state index in [1.807, 2.05) is 13.8 Å². The van der Waals surface area contributed by atoms with Crippen molar-refractivity contribution in [2.45, 2.75) is 26.9 Å². The molecule has 0 saturated carbocycles. The summed E-state index contributed by atoms with van der Waals surface area (Å²) in [7, 11) is 0. The van der Waals surface area contributed by atoms with E-state index in [4.69, 9.17) is 16.0 Å². The van der Waals surface area contributed by atoms with Gasteiger partial charge in [0.25, 0.3) is 0 Å².